The average molecular weight is 483 g/mol. The zero-order valence-corrected chi connectivity index (χ0v) is 20.7. The Bertz CT molecular complexity index is 1150. The molecule has 2 aliphatic heterocycles. The fourth-order valence-electron chi connectivity index (χ4n) is 7.17. The van der Waals surface area contributed by atoms with Crippen molar-refractivity contribution in [1.29, 1.82) is 0 Å². The van der Waals surface area contributed by atoms with Crippen LogP contribution in [0.3, 0.4) is 0 Å². The van der Waals surface area contributed by atoms with Crippen LogP contribution in [0, 0.1) is 18.7 Å². The summed E-state index contributed by atoms with van der Waals surface area (Å²) in [5, 5.41) is 16.6. The van der Waals surface area contributed by atoms with E-state index in [0.29, 0.717) is 25.9 Å². The van der Waals surface area contributed by atoms with Gasteiger partial charge in [0.25, 0.3) is 0 Å². The number of hydrogen-bond donors (Lipinski definition) is 1. The Hall–Kier alpha value is -2.45. The van der Waals surface area contributed by atoms with E-state index < -0.39 is 16.8 Å². The van der Waals surface area contributed by atoms with Crippen molar-refractivity contribution in [3.63, 3.8) is 0 Å². The number of halogens is 1. The summed E-state index contributed by atoms with van der Waals surface area (Å²) >= 11 is 0. The number of likely N-dealkylation sites (tertiary alicyclic amines) is 2. The van der Waals surface area contributed by atoms with E-state index >= 15 is 0 Å². The molecular weight excluding hydrogens is 447 g/mol. The Morgan fingerprint density at radius 3 is 2.71 bits per heavy atom. The topological polar surface area (TPSA) is 70.8 Å². The molecule has 6 rings (SSSR count). The molecular formula is C27H35FN4O3. The van der Waals surface area contributed by atoms with Gasteiger partial charge in [-0.3, -0.25) is 14.4 Å². The molecule has 7 nitrogen and oxygen atoms in total. The van der Waals surface area contributed by atoms with Gasteiger partial charge in [-0.15, -0.1) is 0 Å². The first-order valence-electron chi connectivity index (χ1n) is 12.9. The number of carbonyl (C=O) groups excluding carboxylic acids is 1. The molecule has 2 aliphatic carbocycles. The summed E-state index contributed by atoms with van der Waals surface area (Å²) in [5.74, 6) is 1.08. The van der Waals surface area contributed by atoms with Gasteiger partial charge in [0.15, 0.2) is 5.82 Å². The van der Waals surface area contributed by atoms with E-state index in [9.17, 15) is 14.3 Å². The molecule has 188 valence electrons. The van der Waals surface area contributed by atoms with Crippen molar-refractivity contribution in [2.45, 2.75) is 69.1 Å². The number of aryl methyl sites for hydroxylation is 1. The lowest BCUT2D eigenvalue weighted by molar-refractivity contribution is -0.149. The Kier molecular flexibility index (Phi) is 5.45. The third-order valence-corrected chi connectivity index (χ3v) is 9.21. The minimum atomic E-state index is -0.916. The molecule has 3 fully saturated rings. The third kappa shape index (κ3) is 3.68. The standard InChI is InChI=1S/C27H35FN4O3/c1-18-11-20-12-24-27(34)7-10-30(25(33)17-32-16-21(28)14-29-32)8-5-26(27,22(20)13-23(18)35-2)6-9-31(24)15-19-3-4-19/h11,13-14,16,19,24,34H,3-10,12,15,17H2,1-2H3. The van der Waals surface area contributed by atoms with Crippen LogP contribution in [0.1, 0.15) is 48.8 Å². The van der Waals surface area contributed by atoms with Crippen molar-refractivity contribution >= 4 is 5.91 Å². The molecule has 0 radical (unpaired) electrons. The van der Waals surface area contributed by atoms with Gasteiger partial charge < -0.3 is 14.7 Å². The highest BCUT2D eigenvalue weighted by Crippen LogP contribution is 2.57. The van der Waals surface area contributed by atoms with E-state index in [1.165, 1.54) is 34.8 Å². The maximum Gasteiger partial charge on any atom is 0.244 e. The molecule has 2 saturated heterocycles. The van der Waals surface area contributed by atoms with Gasteiger partial charge in [-0.2, -0.15) is 5.10 Å². The summed E-state index contributed by atoms with van der Waals surface area (Å²) in [6, 6.07) is 4.46. The number of methoxy groups -OCH3 is 1. The van der Waals surface area contributed by atoms with Gasteiger partial charge >= 0.3 is 0 Å². The molecule has 1 aromatic carbocycles. The summed E-state index contributed by atoms with van der Waals surface area (Å²) in [6.45, 7) is 5.18. The van der Waals surface area contributed by atoms with E-state index in [4.69, 9.17) is 4.74 Å². The molecule has 2 bridgehead atoms. The van der Waals surface area contributed by atoms with Crippen molar-refractivity contribution < 1.29 is 19.0 Å². The Balaban J connectivity index is 1.36. The number of hydrogen-bond acceptors (Lipinski definition) is 5. The molecule has 8 heteroatoms. The molecule has 3 unspecified atom stereocenters. The van der Waals surface area contributed by atoms with Crippen LogP contribution in [0.5, 0.6) is 5.75 Å². The average Bonchev–Trinajstić information content (AvgIpc) is 3.58. The number of aliphatic hydroxyl groups is 1. The number of amides is 1. The van der Waals surface area contributed by atoms with Crippen LogP contribution in [0.4, 0.5) is 4.39 Å². The number of rotatable bonds is 5. The van der Waals surface area contributed by atoms with Crippen LogP contribution < -0.4 is 4.74 Å². The van der Waals surface area contributed by atoms with Crippen LogP contribution >= 0.6 is 0 Å². The largest absolute Gasteiger partial charge is 0.496 e. The molecule has 1 N–H and O–H groups in total. The maximum atomic E-state index is 13.4. The van der Waals surface area contributed by atoms with E-state index in [0.717, 1.165) is 49.4 Å². The van der Waals surface area contributed by atoms with Gasteiger partial charge in [0, 0.05) is 31.1 Å². The number of carbonyl (C=O) groups is 1. The Labute approximate surface area is 205 Å². The molecule has 3 atom stereocenters. The first-order chi connectivity index (χ1) is 16.8. The van der Waals surface area contributed by atoms with E-state index in [2.05, 4.69) is 29.1 Å². The highest BCUT2D eigenvalue weighted by atomic mass is 19.1. The number of ether oxygens (including phenoxy) is 1. The van der Waals surface area contributed by atoms with Crippen LogP contribution in [0.15, 0.2) is 24.5 Å². The Morgan fingerprint density at radius 2 is 2.00 bits per heavy atom. The van der Waals surface area contributed by atoms with Gasteiger partial charge in [-0.25, -0.2) is 4.39 Å². The summed E-state index contributed by atoms with van der Waals surface area (Å²) in [6.07, 6.45) is 7.88. The summed E-state index contributed by atoms with van der Waals surface area (Å²) in [7, 11) is 1.70. The number of piperidine rings is 1. The monoisotopic (exact) mass is 482 g/mol. The van der Waals surface area contributed by atoms with Crippen LogP contribution in [-0.4, -0.2) is 75.5 Å². The predicted molar refractivity (Wildman–Crippen MR) is 129 cm³/mol. The molecule has 1 aromatic heterocycles. The van der Waals surface area contributed by atoms with E-state index in [1.807, 2.05) is 4.90 Å². The second-order valence-electron chi connectivity index (χ2n) is 11.1. The minimum absolute atomic E-state index is 0.0101. The van der Waals surface area contributed by atoms with E-state index in [-0.39, 0.29) is 18.5 Å². The molecule has 3 heterocycles. The van der Waals surface area contributed by atoms with Gasteiger partial charge in [0.2, 0.25) is 5.91 Å². The maximum absolute atomic E-state index is 13.4. The summed E-state index contributed by atoms with van der Waals surface area (Å²) in [4.78, 5) is 17.6. The zero-order valence-electron chi connectivity index (χ0n) is 20.7. The molecule has 0 spiro atoms. The second kappa shape index (κ2) is 8.30. The fourth-order valence-corrected chi connectivity index (χ4v) is 7.17. The SMILES string of the molecule is COc1cc2c(cc1C)CC1N(CC3CC3)CCC23CCN(C(=O)Cn2cc(F)cn2)CCC13O. The fraction of sp³-hybridized carbons (Fsp3) is 0.630. The number of benzene rings is 1. The summed E-state index contributed by atoms with van der Waals surface area (Å²) < 4.78 is 20.4. The first-order valence-corrected chi connectivity index (χ1v) is 12.9. The van der Waals surface area contributed by atoms with Crippen molar-refractivity contribution in [1.82, 2.24) is 19.6 Å². The lowest BCUT2D eigenvalue weighted by Gasteiger charge is -2.61. The van der Waals surface area contributed by atoms with Crippen molar-refractivity contribution in [3.8, 4) is 5.75 Å². The highest BCUT2D eigenvalue weighted by molar-refractivity contribution is 5.76. The third-order valence-electron chi connectivity index (χ3n) is 9.21. The van der Waals surface area contributed by atoms with Crippen molar-refractivity contribution in [2.75, 3.05) is 33.3 Å². The minimum Gasteiger partial charge on any atom is -0.496 e. The number of aromatic nitrogens is 2. The molecule has 1 saturated carbocycles. The van der Waals surface area contributed by atoms with Gasteiger partial charge in [-0.05, 0) is 80.7 Å². The molecule has 2 aromatic rings. The number of fused-ring (bicyclic) bond motifs is 1. The zero-order chi connectivity index (χ0) is 24.4. The van der Waals surface area contributed by atoms with Crippen LogP contribution in [-0.2, 0) is 23.2 Å². The lowest BCUT2D eigenvalue weighted by atomic mass is 9.52. The van der Waals surface area contributed by atoms with Gasteiger partial charge in [0.1, 0.15) is 12.3 Å². The normalized spacial score (nSPS) is 30.4. The Morgan fingerprint density at radius 1 is 1.23 bits per heavy atom. The molecule has 1 amide bonds. The van der Waals surface area contributed by atoms with Gasteiger partial charge in [0.05, 0.1) is 25.1 Å². The van der Waals surface area contributed by atoms with Gasteiger partial charge in [-0.1, -0.05) is 6.07 Å². The molecule has 35 heavy (non-hydrogen) atoms. The molecule has 4 aliphatic rings. The van der Waals surface area contributed by atoms with Crippen molar-refractivity contribution in [3.05, 3.63) is 47.0 Å². The van der Waals surface area contributed by atoms with Crippen LogP contribution in [0.2, 0.25) is 0 Å². The number of nitrogens with zero attached hydrogens (tertiary/aromatic N) is 4. The van der Waals surface area contributed by atoms with Crippen molar-refractivity contribution in [2.24, 2.45) is 5.92 Å². The predicted octanol–water partition coefficient (Wildman–Crippen LogP) is 2.67. The summed E-state index contributed by atoms with van der Waals surface area (Å²) in [5.41, 5.74) is 2.30. The smallest absolute Gasteiger partial charge is 0.244 e. The lowest BCUT2D eigenvalue weighted by Crippen LogP contribution is -2.71. The highest BCUT2D eigenvalue weighted by Gasteiger charge is 2.63. The van der Waals surface area contributed by atoms with E-state index in [1.54, 1.807) is 7.11 Å². The quantitative estimate of drug-likeness (QED) is 0.710. The first kappa shape index (κ1) is 23.0. The second-order valence-corrected chi connectivity index (χ2v) is 11.1. The van der Waals surface area contributed by atoms with Crippen LogP contribution in [0.25, 0.3) is 0 Å².